The number of para-hydroxylation sites is 3. The van der Waals surface area contributed by atoms with Crippen LogP contribution < -0.4 is 14.8 Å². The number of nitrogens with one attached hydrogen (secondary N) is 1. The fraction of sp³-hybridized carbons (Fsp3) is 0.0556. The third-order valence-corrected chi connectivity index (χ3v) is 3.19. The molecule has 6 nitrogen and oxygen atoms in total. The van der Waals surface area contributed by atoms with E-state index in [0.29, 0.717) is 23.1 Å². The Hall–Kier alpha value is -3.41. The Labute approximate surface area is 139 Å². The lowest BCUT2D eigenvalue weighted by atomic mass is 10.2. The summed E-state index contributed by atoms with van der Waals surface area (Å²) in [7, 11) is 1.48. The van der Waals surface area contributed by atoms with Crippen LogP contribution in [0.25, 0.3) is 0 Å². The zero-order chi connectivity index (χ0) is 16.8. The first kappa shape index (κ1) is 15.5. The van der Waals surface area contributed by atoms with Crippen molar-refractivity contribution in [3.8, 4) is 17.4 Å². The van der Waals surface area contributed by atoms with E-state index in [1.165, 1.54) is 19.5 Å². The molecular formula is C18H15N3O3. The number of aromatic nitrogens is 2. The molecular weight excluding hydrogens is 306 g/mol. The highest BCUT2D eigenvalue weighted by Crippen LogP contribution is 2.29. The highest BCUT2D eigenvalue weighted by atomic mass is 16.5. The molecule has 0 aliphatic carbocycles. The molecule has 1 amide bonds. The molecule has 3 rings (SSSR count). The van der Waals surface area contributed by atoms with Gasteiger partial charge >= 0.3 is 0 Å². The van der Waals surface area contributed by atoms with Gasteiger partial charge in [0.25, 0.3) is 5.91 Å². The summed E-state index contributed by atoms with van der Waals surface area (Å²) in [6.07, 6.45) is 1.28. The van der Waals surface area contributed by atoms with E-state index in [1.807, 2.05) is 42.5 Å². The lowest BCUT2D eigenvalue weighted by molar-refractivity contribution is 0.102. The smallest absolute Gasteiger partial charge is 0.274 e. The topological polar surface area (TPSA) is 73.3 Å². The van der Waals surface area contributed by atoms with Crippen molar-refractivity contribution < 1.29 is 14.3 Å². The second-order valence-corrected chi connectivity index (χ2v) is 4.81. The Bertz CT molecular complexity index is 838. The summed E-state index contributed by atoms with van der Waals surface area (Å²) in [5.41, 5.74) is 0.750. The summed E-state index contributed by atoms with van der Waals surface area (Å²) < 4.78 is 10.8. The maximum absolute atomic E-state index is 12.4. The number of carbonyl (C=O) groups is 1. The van der Waals surface area contributed by atoms with Crippen LogP contribution in [-0.2, 0) is 0 Å². The van der Waals surface area contributed by atoms with E-state index in [2.05, 4.69) is 15.3 Å². The molecule has 1 aromatic heterocycles. The molecule has 0 saturated carbocycles. The highest BCUT2D eigenvalue weighted by Gasteiger charge is 2.12. The van der Waals surface area contributed by atoms with Gasteiger partial charge in [0.05, 0.1) is 12.8 Å². The van der Waals surface area contributed by atoms with Crippen molar-refractivity contribution >= 4 is 11.6 Å². The molecule has 3 aromatic rings. The summed E-state index contributed by atoms with van der Waals surface area (Å²) in [5.74, 6) is 1.17. The molecule has 0 spiro atoms. The summed E-state index contributed by atoms with van der Waals surface area (Å²) >= 11 is 0. The maximum atomic E-state index is 12.4. The maximum Gasteiger partial charge on any atom is 0.274 e. The van der Waals surface area contributed by atoms with E-state index in [-0.39, 0.29) is 11.6 Å². The van der Waals surface area contributed by atoms with E-state index in [4.69, 9.17) is 9.47 Å². The first-order valence-electron chi connectivity index (χ1n) is 7.25. The Balaban J connectivity index is 1.81. The summed E-state index contributed by atoms with van der Waals surface area (Å²) in [6, 6.07) is 18.0. The van der Waals surface area contributed by atoms with Gasteiger partial charge in [-0.05, 0) is 24.3 Å². The van der Waals surface area contributed by atoms with Gasteiger partial charge in [-0.1, -0.05) is 30.3 Å². The van der Waals surface area contributed by atoms with Crippen molar-refractivity contribution in [2.45, 2.75) is 0 Å². The number of amides is 1. The molecule has 1 heterocycles. The molecule has 0 radical (unpaired) electrons. The zero-order valence-electron chi connectivity index (χ0n) is 13.0. The van der Waals surface area contributed by atoms with Crippen molar-refractivity contribution in [3.05, 3.63) is 72.7 Å². The normalized spacial score (nSPS) is 10.0. The monoisotopic (exact) mass is 321 g/mol. The fourth-order valence-corrected chi connectivity index (χ4v) is 2.04. The summed E-state index contributed by atoms with van der Waals surface area (Å²) in [4.78, 5) is 20.2. The third-order valence-electron chi connectivity index (χ3n) is 3.19. The van der Waals surface area contributed by atoms with Crippen LogP contribution in [0.1, 0.15) is 10.5 Å². The molecule has 0 saturated heterocycles. The molecule has 24 heavy (non-hydrogen) atoms. The van der Waals surface area contributed by atoms with E-state index in [0.717, 1.165) is 0 Å². The van der Waals surface area contributed by atoms with Crippen LogP contribution in [0.5, 0.6) is 17.4 Å². The van der Waals surface area contributed by atoms with Crippen molar-refractivity contribution in [2.75, 3.05) is 12.4 Å². The molecule has 0 atom stereocenters. The van der Waals surface area contributed by atoms with E-state index in [1.54, 1.807) is 12.1 Å². The summed E-state index contributed by atoms with van der Waals surface area (Å²) in [5, 5.41) is 2.79. The number of benzene rings is 2. The standard InChI is InChI=1S/C18H15N3O3/c1-23-17-11-15(19-12-20-17)18(22)21-14-9-5-6-10-16(14)24-13-7-3-2-4-8-13/h2-12H,1H3,(H,21,22). The molecule has 0 aliphatic rings. The zero-order valence-corrected chi connectivity index (χ0v) is 13.0. The molecule has 2 aromatic carbocycles. The number of anilines is 1. The molecule has 0 aliphatic heterocycles. The van der Waals surface area contributed by atoms with Crippen LogP contribution >= 0.6 is 0 Å². The largest absolute Gasteiger partial charge is 0.481 e. The van der Waals surface area contributed by atoms with Crippen LogP contribution in [-0.4, -0.2) is 23.0 Å². The predicted molar refractivity (Wildman–Crippen MR) is 89.5 cm³/mol. The van der Waals surface area contributed by atoms with Gasteiger partial charge in [0.15, 0.2) is 5.75 Å². The molecule has 1 N–H and O–H groups in total. The van der Waals surface area contributed by atoms with Crippen LogP contribution in [0.4, 0.5) is 5.69 Å². The molecule has 0 fully saturated rings. The first-order valence-corrected chi connectivity index (χ1v) is 7.25. The van der Waals surface area contributed by atoms with Gasteiger partial charge in [0.2, 0.25) is 5.88 Å². The third kappa shape index (κ3) is 3.67. The summed E-state index contributed by atoms with van der Waals surface area (Å²) in [6.45, 7) is 0. The number of methoxy groups -OCH3 is 1. The Morgan fingerprint density at radius 3 is 2.54 bits per heavy atom. The van der Waals surface area contributed by atoms with Gasteiger partial charge in [-0.25, -0.2) is 9.97 Å². The minimum absolute atomic E-state index is 0.205. The molecule has 0 bridgehead atoms. The number of hydrogen-bond donors (Lipinski definition) is 1. The van der Waals surface area contributed by atoms with E-state index in [9.17, 15) is 4.79 Å². The average molecular weight is 321 g/mol. The average Bonchev–Trinajstić information content (AvgIpc) is 2.64. The van der Waals surface area contributed by atoms with Crippen LogP contribution in [0.3, 0.4) is 0 Å². The van der Waals surface area contributed by atoms with E-state index < -0.39 is 0 Å². The second kappa shape index (κ2) is 7.23. The van der Waals surface area contributed by atoms with Crippen LogP contribution in [0.2, 0.25) is 0 Å². The first-order chi connectivity index (χ1) is 11.8. The number of nitrogens with zero attached hydrogens (tertiary/aromatic N) is 2. The second-order valence-electron chi connectivity index (χ2n) is 4.81. The Morgan fingerprint density at radius 1 is 1.00 bits per heavy atom. The van der Waals surface area contributed by atoms with Gasteiger partial charge in [0, 0.05) is 6.07 Å². The minimum atomic E-state index is -0.375. The Kier molecular flexibility index (Phi) is 4.67. The highest BCUT2D eigenvalue weighted by molar-refractivity contribution is 6.03. The molecule has 6 heteroatoms. The van der Waals surface area contributed by atoms with Crippen LogP contribution in [0, 0.1) is 0 Å². The van der Waals surface area contributed by atoms with Crippen LogP contribution in [0.15, 0.2) is 67.0 Å². The quantitative estimate of drug-likeness (QED) is 0.778. The number of carbonyl (C=O) groups excluding carboxylic acids is 1. The van der Waals surface area contributed by atoms with Crippen molar-refractivity contribution in [3.63, 3.8) is 0 Å². The predicted octanol–water partition coefficient (Wildman–Crippen LogP) is 3.53. The molecule has 120 valence electrons. The number of ether oxygens (including phenoxy) is 2. The van der Waals surface area contributed by atoms with E-state index >= 15 is 0 Å². The lowest BCUT2D eigenvalue weighted by Gasteiger charge is -2.12. The Morgan fingerprint density at radius 2 is 1.75 bits per heavy atom. The number of hydrogen-bond acceptors (Lipinski definition) is 5. The van der Waals surface area contributed by atoms with Gasteiger partial charge in [-0.3, -0.25) is 4.79 Å². The lowest BCUT2D eigenvalue weighted by Crippen LogP contribution is -2.14. The van der Waals surface area contributed by atoms with Crippen molar-refractivity contribution in [1.82, 2.24) is 9.97 Å². The van der Waals surface area contributed by atoms with Gasteiger partial charge in [-0.15, -0.1) is 0 Å². The molecule has 0 unspecified atom stereocenters. The van der Waals surface area contributed by atoms with Gasteiger partial charge in [-0.2, -0.15) is 0 Å². The SMILES string of the molecule is COc1cc(C(=O)Nc2ccccc2Oc2ccccc2)ncn1. The number of rotatable bonds is 5. The van der Waals surface area contributed by atoms with Gasteiger partial charge in [0.1, 0.15) is 17.8 Å². The minimum Gasteiger partial charge on any atom is -0.481 e. The van der Waals surface area contributed by atoms with Gasteiger partial charge < -0.3 is 14.8 Å². The van der Waals surface area contributed by atoms with Crippen molar-refractivity contribution in [1.29, 1.82) is 0 Å². The van der Waals surface area contributed by atoms with Crippen molar-refractivity contribution in [2.24, 2.45) is 0 Å². The fourth-order valence-electron chi connectivity index (χ4n) is 2.04.